The fraction of sp³-hybridized carbons (Fsp3) is 0.474. The lowest BCUT2D eigenvalue weighted by Gasteiger charge is -2.40. The minimum absolute atomic E-state index is 0.0949. The van der Waals surface area contributed by atoms with E-state index in [-0.39, 0.29) is 24.0 Å². The van der Waals surface area contributed by atoms with E-state index >= 15 is 0 Å². The standard InChI is InChI=1S/C19H22N4O5/c1-22(10-19(28)8-20-9-19)7-11-2-3-12-13(6-11)18(27)23(17(12)26)14-4-5-15(24)21-16(14)25/h2-3,6,14,20,28H,4-5,7-10H2,1H3,(H,21,24,25). The third kappa shape index (κ3) is 3.21. The van der Waals surface area contributed by atoms with E-state index in [2.05, 4.69) is 10.6 Å². The summed E-state index contributed by atoms with van der Waals surface area (Å²) in [6, 6.07) is 4.08. The number of imide groups is 2. The number of likely N-dealkylation sites (N-methyl/N-ethyl adjacent to an activating group) is 1. The molecule has 2 fully saturated rings. The zero-order chi connectivity index (χ0) is 20.1. The highest BCUT2D eigenvalue weighted by molar-refractivity contribution is 6.23. The van der Waals surface area contributed by atoms with Crippen molar-refractivity contribution in [3.05, 3.63) is 34.9 Å². The number of rotatable bonds is 5. The van der Waals surface area contributed by atoms with E-state index < -0.39 is 35.3 Å². The summed E-state index contributed by atoms with van der Waals surface area (Å²) in [6.45, 7) is 2.10. The predicted octanol–water partition coefficient (Wildman–Crippen LogP) is -1.15. The van der Waals surface area contributed by atoms with Gasteiger partial charge in [0.05, 0.1) is 11.1 Å². The van der Waals surface area contributed by atoms with Crippen LogP contribution in [0.2, 0.25) is 0 Å². The summed E-state index contributed by atoms with van der Waals surface area (Å²) in [5, 5.41) is 15.5. The highest BCUT2D eigenvalue weighted by Crippen LogP contribution is 2.28. The second kappa shape index (κ2) is 6.77. The van der Waals surface area contributed by atoms with E-state index in [1.165, 1.54) is 0 Å². The van der Waals surface area contributed by atoms with Gasteiger partial charge in [-0.05, 0) is 31.2 Å². The molecule has 0 radical (unpaired) electrons. The molecule has 4 rings (SSSR count). The summed E-state index contributed by atoms with van der Waals surface area (Å²) in [4.78, 5) is 51.9. The van der Waals surface area contributed by atoms with Gasteiger partial charge in [-0.1, -0.05) is 6.07 Å². The Kier molecular flexibility index (Phi) is 4.53. The van der Waals surface area contributed by atoms with Crippen molar-refractivity contribution in [1.29, 1.82) is 0 Å². The van der Waals surface area contributed by atoms with Gasteiger partial charge in [-0.2, -0.15) is 0 Å². The number of aliphatic hydroxyl groups is 1. The molecular weight excluding hydrogens is 364 g/mol. The number of nitrogens with zero attached hydrogens (tertiary/aromatic N) is 2. The van der Waals surface area contributed by atoms with Crippen molar-refractivity contribution >= 4 is 23.6 Å². The van der Waals surface area contributed by atoms with Crippen LogP contribution in [0.1, 0.15) is 39.1 Å². The van der Waals surface area contributed by atoms with E-state index in [1.54, 1.807) is 18.2 Å². The molecule has 0 saturated carbocycles. The van der Waals surface area contributed by atoms with Crippen LogP contribution < -0.4 is 10.6 Å². The Hall–Kier alpha value is -2.62. The Morgan fingerprint density at radius 2 is 1.89 bits per heavy atom. The average Bonchev–Trinajstić information content (AvgIpc) is 2.85. The molecule has 1 aromatic carbocycles. The first-order valence-corrected chi connectivity index (χ1v) is 9.24. The fourth-order valence-electron chi connectivity index (χ4n) is 4.01. The van der Waals surface area contributed by atoms with Crippen molar-refractivity contribution in [2.45, 2.75) is 31.0 Å². The summed E-state index contributed by atoms with van der Waals surface area (Å²) in [7, 11) is 1.88. The SMILES string of the molecule is CN(Cc1ccc2c(c1)C(=O)N(C1CCC(=O)NC1=O)C2=O)CC1(O)CNC1. The number of piperidine rings is 1. The normalized spacial score (nSPS) is 23.7. The molecule has 9 nitrogen and oxygen atoms in total. The highest BCUT2D eigenvalue weighted by Gasteiger charge is 2.44. The van der Waals surface area contributed by atoms with Crippen molar-refractivity contribution in [2.75, 3.05) is 26.7 Å². The second-order valence-electron chi connectivity index (χ2n) is 7.83. The van der Waals surface area contributed by atoms with Gasteiger partial charge in [-0.15, -0.1) is 0 Å². The maximum atomic E-state index is 12.8. The summed E-state index contributed by atoms with van der Waals surface area (Å²) >= 11 is 0. The van der Waals surface area contributed by atoms with Crippen molar-refractivity contribution in [3.8, 4) is 0 Å². The lowest BCUT2D eigenvalue weighted by Crippen LogP contribution is -2.64. The molecule has 0 spiro atoms. The minimum Gasteiger partial charge on any atom is -0.386 e. The number of nitrogens with one attached hydrogen (secondary N) is 2. The van der Waals surface area contributed by atoms with Crippen LogP contribution >= 0.6 is 0 Å². The predicted molar refractivity (Wildman–Crippen MR) is 97.3 cm³/mol. The van der Waals surface area contributed by atoms with E-state index in [0.717, 1.165) is 10.5 Å². The summed E-state index contributed by atoms with van der Waals surface area (Å²) in [5.41, 5.74) is 0.635. The zero-order valence-corrected chi connectivity index (χ0v) is 15.5. The lowest BCUT2D eigenvalue weighted by molar-refractivity contribution is -0.136. The first-order valence-electron chi connectivity index (χ1n) is 9.24. The van der Waals surface area contributed by atoms with Gasteiger partial charge in [-0.25, -0.2) is 0 Å². The van der Waals surface area contributed by atoms with Crippen LogP contribution in [0.3, 0.4) is 0 Å². The Balaban J connectivity index is 1.51. The van der Waals surface area contributed by atoms with Gasteiger partial charge in [0.25, 0.3) is 11.8 Å². The molecule has 1 atom stereocenters. The van der Waals surface area contributed by atoms with Crippen LogP contribution in [0.15, 0.2) is 18.2 Å². The van der Waals surface area contributed by atoms with Crippen LogP contribution in [-0.4, -0.2) is 76.9 Å². The van der Waals surface area contributed by atoms with Gasteiger partial charge in [0, 0.05) is 32.6 Å². The van der Waals surface area contributed by atoms with Crippen molar-refractivity contribution < 1.29 is 24.3 Å². The lowest BCUT2D eigenvalue weighted by atomic mass is 9.96. The summed E-state index contributed by atoms with van der Waals surface area (Å²) in [5.74, 6) is -2.04. The van der Waals surface area contributed by atoms with Crippen molar-refractivity contribution in [3.63, 3.8) is 0 Å². The van der Waals surface area contributed by atoms with Crippen LogP contribution in [-0.2, 0) is 16.1 Å². The highest BCUT2D eigenvalue weighted by atomic mass is 16.3. The molecule has 3 N–H and O–H groups in total. The maximum absolute atomic E-state index is 12.8. The van der Waals surface area contributed by atoms with Gasteiger partial charge >= 0.3 is 0 Å². The number of β-amino-alcohol motifs (C(OH)–C–C–N with tert-alkyl or cyclic N) is 1. The van der Waals surface area contributed by atoms with Gasteiger partial charge in [0.2, 0.25) is 11.8 Å². The van der Waals surface area contributed by atoms with Gasteiger partial charge < -0.3 is 10.4 Å². The number of fused-ring (bicyclic) bond motifs is 1. The molecule has 0 aromatic heterocycles. The Bertz CT molecular complexity index is 879. The Morgan fingerprint density at radius 3 is 2.54 bits per heavy atom. The number of carbonyl (C=O) groups is 4. The molecule has 4 amide bonds. The van der Waals surface area contributed by atoms with Crippen LogP contribution in [0, 0.1) is 0 Å². The zero-order valence-electron chi connectivity index (χ0n) is 15.5. The van der Waals surface area contributed by atoms with Crippen molar-refractivity contribution in [2.24, 2.45) is 0 Å². The number of hydrogen-bond acceptors (Lipinski definition) is 7. The largest absolute Gasteiger partial charge is 0.386 e. The molecule has 1 unspecified atom stereocenters. The van der Waals surface area contributed by atoms with Crippen molar-refractivity contribution in [1.82, 2.24) is 20.4 Å². The molecule has 9 heteroatoms. The monoisotopic (exact) mass is 386 g/mol. The minimum atomic E-state index is -0.961. The molecule has 28 heavy (non-hydrogen) atoms. The van der Waals surface area contributed by atoms with Crippen LogP contribution in [0.5, 0.6) is 0 Å². The smallest absolute Gasteiger partial charge is 0.262 e. The van der Waals surface area contributed by atoms with Gasteiger partial charge in [0.1, 0.15) is 11.6 Å². The summed E-state index contributed by atoms with van der Waals surface area (Å²) in [6.07, 6.45) is 0.232. The average molecular weight is 386 g/mol. The molecular formula is C19H22N4O5. The molecule has 2 saturated heterocycles. The van der Waals surface area contributed by atoms with Crippen LogP contribution in [0.25, 0.3) is 0 Å². The third-order valence-electron chi connectivity index (χ3n) is 5.43. The molecule has 3 aliphatic rings. The number of amides is 4. The topological polar surface area (TPSA) is 119 Å². The molecule has 148 valence electrons. The molecule has 0 bridgehead atoms. The van der Waals surface area contributed by atoms with E-state index in [1.807, 2.05) is 11.9 Å². The number of benzene rings is 1. The quantitative estimate of drug-likeness (QED) is 0.547. The van der Waals surface area contributed by atoms with Gasteiger partial charge in [-0.3, -0.25) is 34.3 Å². The van der Waals surface area contributed by atoms with E-state index in [0.29, 0.717) is 26.2 Å². The Labute approximate surface area is 161 Å². The fourth-order valence-corrected chi connectivity index (χ4v) is 4.01. The first kappa shape index (κ1) is 18.7. The number of hydrogen-bond donors (Lipinski definition) is 3. The second-order valence-corrected chi connectivity index (χ2v) is 7.83. The number of carbonyl (C=O) groups excluding carboxylic acids is 4. The van der Waals surface area contributed by atoms with E-state index in [9.17, 15) is 24.3 Å². The third-order valence-corrected chi connectivity index (χ3v) is 5.43. The molecule has 3 heterocycles. The summed E-state index contributed by atoms with van der Waals surface area (Å²) < 4.78 is 0. The van der Waals surface area contributed by atoms with Gasteiger partial charge in [0.15, 0.2) is 0 Å². The first-order chi connectivity index (χ1) is 13.3. The maximum Gasteiger partial charge on any atom is 0.262 e. The molecule has 1 aromatic rings. The molecule has 3 aliphatic heterocycles. The van der Waals surface area contributed by atoms with E-state index in [4.69, 9.17) is 0 Å². The van der Waals surface area contributed by atoms with Crippen LogP contribution in [0.4, 0.5) is 0 Å². The molecule has 0 aliphatic carbocycles. The Morgan fingerprint density at radius 1 is 1.18 bits per heavy atom.